The predicted octanol–water partition coefficient (Wildman–Crippen LogP) is 3.20. The van der Waals surface area contributed by atoms with Crippen molar-refractivity contribution in [3.05, 3.63) is 35.9 Å². The molecule has 110 valence electrons. The minimum absolute atomic E-state index is 0.322. The van der Waals surface area contributed by atoms with E-state index in [1.807, 2.05) is 30.3 Å². The molecule has 0 amide bonds. The molecule has 0 aliphatic rings. The summed E-state index contributed by atoms with van der Waals surface area (Å²) < 4.78 is 5.46. The van der Waals surface area contributed by atoms with Crippen LogP contribution in [0.1, 0.15) is 44.1 Å². The van der Waals surface area contributed by atoms with Crippen molar-refractivity contribution in [3.8, 4) is 0 Å². The van der Waals surface area contributed by atoms with Crippen LogP contribution in [0, 0.1) is 0 Å². The van der Waals surface area contributed by atoms with E-state index < -0.39 is 12.1 Å². The first kappa shape index (κ1) is 16.4. The van der Waals surface area contributed by atoms with Crippen LogP contribution in [-0.2, 0) is 20.9 Å². The number of carboxylic acids is 1. The monoisotopic (exact) mass is 278 g/mol. The summed E-state index contributed by atoms with van der Waals surface area (Å²) in [4.78, 5) is 21.3. The molecule has 4 heteroatoms. The second kappa shape index (κ2) is 10.1. The van der Waals surface area contributed by atoms with Gasteiger partial charge in [-0.3, -0.25) is 0 Å². The van der Waals surface area contributed by atoms with E-state index >= 15 is 0 Å². The predicted molar refractivity (Wildman–Crippen MR) is 76.4 cm³/mol. The number of rotatable bonds is 11. The average molecular weight is 278 g/mol. The molecule has 0 aliphatic carbocycles. The van der Waals surface area contributed by atoms with Crippen LogP contribution in [0.15, 0.2) is 30.3 Å². The van der Waals surface area contributed by atoms with E-state index in [-0.39, 0.29) is 0 Å². The summed E-state index contributed by atoms with van der Waals surface area (Å²) in [6, 6.07) is 9.55. The molecule has 0 radical (unpaired) electrons. The third-order valence-corrected chi connectivity index (χ3v) is 3.11. The normalized spacial score (nSPS) is 12.0. The maximum Gasteiger partial charge on any atom is 0.332 e. The van der Waals surface area contributed by atoms with Crippen LogP contribution in [0.2, 0.25) is 0 Å². The highest BCUT2D eigenvalue weighted by Crippen LogP contribution is 2.12. The zero-order valence-electron chi connectivity index (χ0n) is 11.7. The fraction of sp³-hybridized carbons (Fsp3) is 0.500. The summed E-state index contributed by atoms with van der Waals surface area (Å²) in [6.45, 7) is 0.322. The van der Waals surface area contributed by atoms with E-state index in [1.54, 1.807) is 0 Å². The third-order valence-electron chi connectivity index (χ3n) is 3.11. The maximum atomic E-state index is 11.1. The fourth-order valence-corrected chi connectivity index (χ4v) is 1.96. The number of benzene rings is 1. The molecule has 0 aliphatic heterocycles. The first-order chi connectivity index (χ1) is 9.74. The second-order valence-corrected chi connectivity index (χ2v) is 4.78. The molecule has 0 saturated heterocycles. The molecule has 0 spiro atoms. The Labute approximate surface area is 119 Å². The van der Waals surface area contributed by atoms with Gasteiger partial charge in [0.2, 0.25) is 0 Å². The molecule has 1 aromatic carbocycles. The Bertz CT molecular complexity index is 389. The molecule has 1 rings (SSSR count). The minimum atomic E-state index is -0.908. The number of carboxylic acid groups (broad SMARTS) is 1. The average Bonchev–Trinajstić information content (AvgIpc) is 2.46. The van der Waals surface area contributed by atoms with Gasteiger partial charge >= 0.3 is 5.97 Å². The smallest absolute Gasteiger partial charge is 0.332 e. The second-order valence-electron chi connectivity index (χ2n) is 4.78. The summed E-state index contributed by atoms with van der Waals surface area (Å²) in [5.74, 6) is -0.908. The summed E-state index contributed by atoms with van der Waals surface area (Å²) >= 11 is 0. The third kappa shape index (κ3) is 7.04. The highest BCUT2D eigenvalue weighted by Gasteiger charge is 2.17. The minimum Gasteiger partial charge on any atom is -0.479 e. The Morgan fingerprint density at radius 3 is 2.50 bits per heavy atom. The lowest BCUT2D eigenvalue weighted by Gasteiger charge is -2.13. The van der Waals surface area contributed by atoms with E-state index in [2.05, 4.69) is 0 Å². The van der Waals surface area contributed by atoms with E-state index in [9.17, 15) is 9.59 Å². The van der Waals surface area contributed by atoms with Gasteiger partial charge in [0.25, 0.3) is 0 Å². The highest BCUT2D eigenvalue weighted by molar-refractivity contribution is 5.72. The summed E-state index contributed by atoms with van der Waals surface area (Å²) in [5.41, 5.74) is 0.977. The van der Waals surface area contributed by atoms with Crippen molar-refractivity contribution in [1.29, 1.82) is 0 Å². The van der Waals surface area contributed by atoms with Crippen LogP contribution in [-0.4, -0.2) is 23.5 Å². The first-order valence-corrected chi connectivity index (χ1v) is 7.06. The summed E-state index contributed by atoms with van der Waals surface area (Å²) in [5, 5.41) is 9.12. The number of ether oxygens (including phenoxy) is 1. The molecule has 1 atom stereocenters. The maximum absolute atomic E-state index is 11.1. The molecule has 1 aromatic rings. The van der Waals surface area contributed by atoms with Crippen molar-refractivity contribution in [3.63, 3.8) is 0 Å². The Kier molecular flexibility index (Phi) is 8.31. The Morgan fingerprint density at radius 2 is 1.85 bits per heavy atom. The standard InChI is InChI=1S/C16H22O4/c17-12-8-3-1-2-7-11-15(16(18)19)20-13-14-9-5-4-6-10-14/h4-6,9-10,12,15H,1-3,7-8,11,13H2,(H,18,19). The van der Waals surface area contributed by atoms with Crippen LogP contribution in [0.3, 0.4) is 0 Å². The molecule has 0 heterocycles. The summed E-state index contributed by atoms with van der Waals surface area (Å²) in [6.07, 6.45) is 4.87. The number of carbonyl (C=O) groups is 2. The number of carbonyl (C=O) groups excluding carboxylic acids is 1. The van der Waals surface area contributed by atoms with Crippen molar-refractivity contribution in [2.24, 2.45) is 0 Å². The van der Waals surface area contributed by atoms with Crippen LogP contribution in [0.4, 0.5) is 0 Å². The van der Waals surface area contributed by atoms with E-state index in [0.717, 1.165) is 37.5 Å². The zero-order chi connectivity index (χ0) is 14.6. The van der Waals surface area contributed by atoms with Crippen molar-refractivity contribution >= 4 is 12.3 Å². The van der Waals surface area contributed by atoms with Crippen molar-refractivity contribution in [2.45, 2.75) is 51.2 Å². The number of hydrogen-bond donors (Lipinski definition) is 1. The van der Waals surface area contributed by atoms with Crippen molar-refractivity contribution in [2.75, 3.05) is 0 Å². The highest BCUT2D eigenvalue weighted by atomic mass is 16.5. The van der Waals surface area contributed by atoms with Gasteiger partial charge in [-0.25, -0.2) is 4.79 Å². The van der Waals surface area contributed by atoms with Gasteiger partial charge in [0.05, 0.1) is 6.61 Å². The lowest BCUT2D eigenvalue weighted by molar-refractivity contribution is -0.151. The lowest BCUT2D eigenvalue weighted by Crippen LogP contribution is -2.23. The van der Waals surface area contributed by atoms with Gasteiger partial charge < -0.3 is 14.6 Å². The van der Waals surface area contributed by atoms with Gasteiger partial charge in [0.15, 0.2) is 6.10 Å². The summed E-state index contributed by atoms with van der Waals surface area (Å²) in [7, 11) is 0. The number of aliphatic carboxylic acids is 1. The van der Waals surface area contributed by atoms with E-state index in [1.165, 1.54) is 0 Å². The van der Waals surface area contributed by atoms with Gasteiger partial charge in [0, 0.05) is 6.42 Å². The zero-order valence-corrected chi connectivity index (χ0v) is 11.7. The molecular formula is C16H22O4. The van der Waals surface area contributed by atoms with Gasteiger partial charge in [-0.2, -0.15) is 0 Å². The lowest BCUT2D eigenvalue weighted by atomic mass is 10.1. The molecule has 0 bridgehead atoms. The fourth-order valence-electron chi connectivity index (χ4n) is 1.96. The van der Waals surface area contributed by atoms with Gasteiger partial charge in [-0.05, 0) is 18.4 Å². The molecule has 0 fully saturated rings. The van der Waals surface area contributed by atoms with E-state index in [4.69, 9.17) is 9.84 Å². The van der Waals surface area contributed by atoms with E-state index in [0.29, 0.717) is 19.4 Å². The topological polar surface area (TPSA) is 63.6 Å². The quantitative estimate of drug-likeness (QED) is 0.498. The SMILES string of the molecule is O=CCCCCCCC(OCc1ccccc1)C(=O)O. The largest absolute Gasteiger partial charge is 0.479 e. The van der Waals surface area contributed by atoms with Gasteiger partial charge in [0.1, 0.15) is 6.29 Å². The molecule has 1 N–H and O–H groups in total. The number of unbranched alkanes of at least 4 members (excludes halogenated alkanes) is 4. The van der Waals surface area contributed by atoms with Crippen molar-refractivity contribution < 1.29 is 19.4 Å². The molecule has 1 unspecified atom stereocenters. The Morgan fingerprint density at radius 1 is 1.15 bits per heavy atom. The molecule has 4 nitrogen and oxygen atoms in total. The Balaban J connectivity index is 2.23. The molecule has 0 aromatic heterocycles. The van der Waals surface area contributed by atoms with Crippen molar-refractivity contribution in [1.82, 2.24) is 0 Å². The van der Waals surface area contributed by atoms with Crippen LogP contribution in [0.5, 0.6) is 0 Å². The van der Waals surface area contributed by atoms with Crippen LogP contribution >= 0.6 is 0 Å². The Hall–Kier alpha value is -1.68. The molecule has 0 saturated carbocycles. The molecular weight excluding hydrogens is 256 g/mol. The molecule has 20 heavy (non-hydrogen) atoms. The van der Waals surface area contributed by atoms with Crippen LogP contribution < -0.4 is 0 Å². The van der Waals surface area contributed by atoms with Gasteiger partial charge in [-0.15, -0.1) is 0 Å². The number of hydrogen-bond acceptors (Lipinski definition) is 3. The first-order valence-electron chi connectivity index (χ1n) is 7.06. The van der Waals surface area contributed by atoms with Crippen LogP contribution in [0.25, 0.3) is 0 Å². The van der Waals surface area contributed by atoms with Gasteiger partial charge in [-0.1, -0.05) is 49.6 Å². The number of aldehydes is 1.